The van der Waals surface area contributed by atoms with E-state index in [1.54, 1.807) is 12.3 Å². The van der Waals surface area contributed by atoms with Gasteiger partial charge >= 0.3 is 0 Å². The van der Waals surface area contributed by atoms with Crippen LogP contribution < -0.4 is 5.56 Å². The fourth-order valence-electron chi connectivity index (χ4n) is 1.44. The van der Waals surface area contributed by atoms with Crippen molar-refractivity contribution in [2.24, 2.45) is 0 Å². The van der Waals surface area contributed by atoms with Crippen molar-refractivity contribution in [2.45, 2.75) is 13.3 Å². The van der Waals surface area contributed by atoms with E-state index in [1.807, 2.05) is 13.0 Å². The van der Waals surface area contributed by atoms with E-state index in [4.69, 9.17) is 0 Å². The Morgan fingerprint density at radius 1 is 1.38 bits per heavy atom. The van der Waals surface area contributed by atoms with Gasteiger partial charge in [-0.3, -0.25) is 14.3 Å². The highest BCUT2D eigenvalue weighted by atomic mass is 19.1. The SMILES string of the molecule is CCc1ccc(-n2cccc(F)c2=O)cn1. The predicted molar refractivity (Wildman–Crippen MR) is 59.2 cm³/mol. The van der Waals surface area contributed by atoms with Crippen LogP contribution in [0.4, 0.5) is 4.39 Å². The minimum Gasteiger partial charge on any atom is -0.280 e. The average molecular weight is 218 g/mol. The van der Waals surface area contributed by atoms with Gasteiger partial charge in [0.2, 0.25) is 0 Å². The average Bonchev–Trinajstić information content (AvgIpc) is 2.33. The molecule has 0 radical (unpaired) electrons. The largest absolute Gasteiger partial charge is 0.291 e. The number of hydrogen-bond donors (Lipinski definition) is 0. The number of halogens is 1. The quantitative estimate of drug-likeness (QED) is 0.772. The van der Waals surface area contributed by atoms with Gasteiger partial charge < -0.3 is 0 Å². The molecule has 0 aliphatic heterocycles. The van der Waals surface area contributed by atoms with Gasteiger partial charge in [-0.2, -0.15) is 0 Å². The van der Waals surface area contributed by atoms with Crippen molar-refractivity contribution < 1.29 is 4.39 Å². The molecule has 0 spiro atoms. The number of pyridine rings is 2. The van der Waals surface area contributed by atoms with Gasteiger partial charge in [-0.05, 0) is 30.7 Å². The molecule has 16 heavy (non-hydrogen) atoms. The first-order valence-electron chi connectivity index (χ1n) is 5.05. The molecule has 0 unspecified atom stereocenters. The van der Waals surface area contributed by atoms with Gasteiger partial charge in [0.1, 0.15) is 0 Å². The van der Waals surface area contributed by atoms with Crippen molar-refractivity contribution in [2.75, 3.05) is 0 Å². The van der Waals surface area contributed by atoms with E-state index >= 15 is 0 Å². The molecule has 82 valence electrons. The summed E-state index contributed by atoms with van der Waals surface area (Å²) in [6, 6.07) is 6.22. The first-order valence-corrected chi connectivity index (χ1v) is 5.05. The van der Waals surface area contributed by atoms with Crippen molar-refractivity contribution >= 4 is 0 Å². The third kappa shape index (κ3) is 1.86. The topological polar surface area (TPSA) is 34.9 Å². The van der Waals surface area contributed by atoms with E-state index in [2.05, 4.69) is 4.98 Å². The second-order valence-electron chi connectivity index (χ2n) is 3.39. The van der Waals surface area contributed by atoms with E-state index in [0.717, 1.165) is 18.2 Å². The first-order chi connectivity index (χ1) is 7.72. The molecular formula is C12H11FN2O. The summed E-state index contributed by atoms with van der Waals surface area (Å²) in [5.41, 5.74) is 0.850. The number of rotatable bonds is 2. The predicted octanol–water partition coefficient (Wildman–Crippen LogP) is 1.93. The van der Waals surface area contributed by atoms with E-state index in [1.165, 1.54) is 16.8 Å². The second-order valence-corrected chi connectivity index (χ2v) is 3.39. The summed E-state index contributed by atoms with van der Waals surface area (Å²) in [4.78, 5) is 15.6. The molecule has 0 saturated carbocycles. The van der Waals surface area contributed by atoms with E-state index in [9.17, 15) is 9.18 Å². The van der Waals surface area contributed by atoms with Crippen LogP contribution in [0.15, 0.2) is 41.5 Å². The zero-order chi connectivity index (χ0) is 11.5. The maximum atomic E-state index is 13.1. The fourth-order valence-corrected chi connectivity index (χ4v) is 1.44. The smallest absolute Gasteiger partial charge is 0.280 e. The van der Waals surface area contributed by atoms with E-state index in [0.29, 0.717) is 5.69 Å². The molecule has 2 aromatic rings. The molecule has 0 N–H and O–H groups in total. The van der Waals surface area contributed by atoms with Crippen LogP contribution in [0.2, 0.25) is 0 Å². The molecule has 4 heteroatoms. The lowest BCUT2D eigenvalue weighted by molar-refractivity contribution is 0.599. The minimum absolute atomic E-state index is 0.571. The third-order valence-electron chi connectivity index (χ3n) is 2.35. The van der Waals surface area contributed by atoms with Crippen LogP contribution in [-0.2, 0) is 6.42 Å². The molecule has 0 amide bonds. The van der Waals surface area contributed by atoms with Gasteiger partial charge in [0.05, 0.1) is 11.9 Å². The highest BCUT2D eigenvalue weighted by molar-refractivity contribution is 5.30. The molecule has 2 aromatic heterocycles. The van der Waals surface area contributed by atoms with Gasteiger partial charge in [0.25, 0.3) is 5.56 Å². The fraction of sp³-hybridized carbons (Fsp3) is 0.167. The van der Waals surface area contributed by atoms with Gasteiger partial charge in [-0.15, -0.1) is 0 Å². The van der Waals surface area contributed by atoms with Crippen LogP contribution in [0.3, 0.4) is 0 Å². The Labute approximate surface area is 92.2 Å². The molecule has 0 aliphatic carbocycles. The Morgan fingerprint density at radius 2 is 2.19 bits per heavy atom. The lowest BCUT2D eigenvalue weighted by atomic mass is 10.3. The lowest BCUT2D eigenvalue weighted by Gasteiger charge is -2.05. The molecule has 0 saturated heterocycles. The number of aromatic nitrogens is 2. The van der Waals surface area contributed by atoms with Crippen molar-refractivity contribution in [3.8, 4) is 5.69 Å². The summed E-state index contributed by atoms with van der Waals surface area (Å²) in [7, 11) is 0. The molecule has 0 bridgehead atoms. The normalized spacial score (nSPS) is 10.4. The summed E-state index contributed by atoms with van der Waals surface area (Å²) in [5, 5.41) is 0. The van der Waals surface area contributed by atoms with Crippen molar-refractivity contribution in [1.29, 1.82) is 0 Å². The number of nitrogens with zero attached hydrogens (tertiary/aromatic N) is 2. The van der Waals surface area contributed by atoms with E-state index < -0.39 is 11.4 Å². The molecule has 0 aliphatic rings. The summed E-state index contributed by atoms with van der Waals surface area (Å²) in [5.74, 6) is -0.762. The van der Waals surface area contributed by atoms with Crippen LogP contribution in [-0.4, -0.2) is 9.55 Å². The Hall–Kier alpha value is -1.97. The molecule has 2 rings (SSSR count). The summed E-state index contributed by atoms with van der Waals surface area (Å²) in [6.07, 6.45) is 3.92. The molecule has 0 atom stereocenters. The second kappa shape index (κ2) is 4.26. The van der Waals surface area contributed by atoms with Crippen molar-refractivity contribution in [3.05, 3.63) is 58.5 Å². The Morgan fingerprint density at radius 3 is 2.81 bits per heavy atom. The zero-order valence-corrected chi connectivity index (χ0v) is 8.85. The maximum Gasteiger partial charge on any atom is 0.291 e. The molecule has 0 aromatic carbocycles. The van der Waals surface area contributed by atoms with Crippen LogP contribution in [0.25, 0.3) is 5.69 Å². The van der Waals surface area contributed by atoms with Gasteiger partial charge in [0.15, 0.2) is 5.82 Å². The Balaban J connectivity index is 2.51. The monoisotopic (exact) mass is 218 g/mol. The highest BCUT2D eigenvalue weighted by Gasteiger charge is 2.03. The van der Waals surface area contributed by atoms with Crippen LogP contribution in [0.1, 0.15) is 12.6 Å². The van der Waals surface area contributed by atoms with Gasteiger partial charge in [-0.1, -0.05) is 6.92 Å². The Bertz CT molecular complexity index is 546. The van der Waals surface area contributed by atoms with Crippen molar-refractivity contribution in [3.63, 3.8) is 0 Å². The third-order valence-corrected chi connectivity index (χ3v) is 2.35. The summed E-state index contributed by atoms with van der Waals surface area (Å²) < 4.78 is 14.3. The Kier molecular flexibility index (Phi) is 2.81. The maximum absolute atomic E-state index is 13.1. The van der Waals surface area contributed by atoms with Crippen LogP contribution in [0.5, 0.6) is 0 Å². The summed E-state index contributed by atoms with van der Waals surface area (Å²) >= 11 is 0. The van der Waals surface area contributed by atoms with Gasteiger partial charge in [-0.25, -0.2) is 4.39 Å². The number of aryl methyl sites for hydroxylation is 1. The molecule has 0 fully saturated rings. The van der Waals surface area contributed by atoms with Crippen molar-refractivity contribution in [1.82, 2.24) is 9.55 Å². The van der Waals surface area contributed by atoms with Gasteiger partial charge in [0, 0.05) is 11.9 Å². The minimum atomic E-state index is -0.762. The lowest BCUT2D eigenvalue weighted by Crippen LogP contribution is -2.20. The van der Waals surface area contributed by atoms with Crippen LogP contribution in [0, 0.1) is 5.82 Å². The van der Waals surface area contributed by atoms with Crippen LogP contribution >= 0.6 is 0 Å². The molecule has 3 nitrogen and oxygen atoms in total. The first kappa shape index (κ1) is 10.5. The molecular weight excluding hydrogens is 207 g/mol. The molecule has 2 heterocycles. The number of hydrogen-bond acceptors (Lipinski definition) is 2. The highest BCUT2D eigenvalue weighted by Crippen LogP contribution is 2.05. The van der Waals surface area contributed by atoms with E-state index in [-0.39, 0.29) is 0 Å². The zero-order valence-electron chi connectivity index (χ0n) is 8.85. The summed E-state index contributed by atoms with van der Waals surface area (Å²) in [6.45, 7) is 2.00. The standard InChI is InChI=1S/C12H11FN2O/c1-2-9-5-6-10(8-14-9)15-7-3-4-11(13)12(15)16/h3-8H,2H2,1H3.